The molecule has 4 heteroatoms. The second-order valence-corrected chi connectivity index (χ2v) is 1.90. The lowest BCUT2D eigenvalue weighted by Crippen LogP contribution is -2.02. The summed E-state index contributed by atoms with van der Waals surface area (Å²) in [4.78, 5) is 19.7. The maximum Gasteiger partial charge on any atom is 0.320 e. The molecule has 0 spiro atoms. The van der Waals surface area contributed by atoms with Crippen LogP contribution in [0.2, 0.25) is 0 Å². The highest BCUT2D eigenvalue weighted by Crippen LogP contribution is 1.95. The molecule has 0 aromatic heterocycles. The molecule has 0 saturated heterocycles. The largest absolute Gasteiger partial charge is 0.320 e. The summed E-state index contributed by atoms with van der Waals surface area (Å²) in [7, 11) is 0. The van der Waals surface area contributed by atoms with Crippen molar-refractivity contribution in [2.75, 3.05) is 0 Å². The van der Waals surface area contributed by atoms with Crippen molar-refractivity contribution >= 4 is 23.5 Å². The van der Waals surface area contributed by atoms with E-state index in [0.29, 0.717) is 6.42 Å². The monoisotopic (exact) mass is 132 g/mol. The minimum Gasteiger partial charge on any atom is -0.285 e. The molecule has 1 radical (unpaired) electrons. The van der Waals surface area contributed by atoms with Gasteiger partial charge in [-0.25, -0.2) is 0 Å². The maximum absolute atomic E-state index is 10.3. The van der Waals surface area contributed by atoms with Gasteiger partial charge in [0.15, 0.2) is 0 Å². The van der Waals surface area contributed by atoms with Gasteiger partial charge < -0.3 is 0 Å². The predicted molar refractivity (Wildman–Crippen MR) is 31.7 cm³/mol. The van der Waals surface area contributed by atoms with Gasteiger partial charge in [0.25, 0.3) is 0 Å². The van der Waals surface area contributed by atoms with Crippen molar-refractivity contribution in [1.82, 2.24) is 4.72 Å². The lowest BCUT2D eigenvalue weighted by molar-refractivity contribution is -0.110. The van der Waals surface area contributed by atoms with Crippen molar-refractivity contribution in [2.45, 2.75) is 13.3 Å². The first-order valence-corrected chi connectivity index (χ1v) is 2.94. The van der Waals surface area contributed by atoms with Crippen molar-refractivity contribution in [1.29, 1.82) is 0 Å². The molecule has 3 nitrogen and oxygen atoms in total. The predicted octanol–water partition coefficient (Wildman–Crippen LogP) is 0.228. The van der Waals surface area contributed by atoms with Crippen LogP contribution in [-0.2, 0) is 9.59 Å². The van der Waals surface area contributed by atoms with Gasteiger partial charge in [-0.1, -0.05) is 6.92 Å². The summed E-state index contributed by atoms with van der Waals surface area (Å²) in [5, 5.41) is -0.0617. The van der Waals surface area contributed by atoms with Crippen molar-refractivity contribution in [3.63, 3.8) is 0 Å². The van der Waals surface area contributed by atoms with Gasteiger partial charge in [0.05, 0.1) is 0 Å². The van der Waals surface area contributed by atoms with Gasteiger partial charge in [0, 0.05) is 18.4 Å². The Morgan fingerprint density at radius 3 is 2.88 bits per heavy atom. The SMILES string of the molecule is CCC(=O)SN[C]=O. The normalized spacial score (nSPS) is 8.12. The van der Waals surface area contributed by atoms with Crippen molar-refractivity contribution in [2.24, 2.45) is 0 Å². The lowest BCUT2D eigenvalue weighted by atomic mass is 10.6. The molecule has 0 rings (SSSR count). The molecule has 8 heavy (non-hydrogen) atoms. The summed E-state index contributed by atoms with van der Waals surface area (Å²) < 4.78 is 2.06. The molecule has 0 aromatic carbocycles. The van der Waals surface area contributed by atoms with Gasteiger partial charge in [0.2, 0.25) is 5.12 Å². The summed E-state index contributed by atoms with van der Waals surface area (Å²) in [6, 6.07) is 0. The Morgan fingerprint density at radius 2 is 2.50 bits per heavy atom. The molecule has 0 saturated carbocycles. The molecule has 0 aliphatic heterocycles. The van der Waals surface area contributed by atoms with E-state index < -0.39 is 0 Å². The molecule has 0 atom stereocenters. The van der Waals surface area contributed by atoms with Gasteiger partial charge in [-0.2, -0.15) is 0 Å². The second-order valence-electron chi connectivity index (χ2n) is 1.03. The van der Waals surface area contributed by atoms with E-state index >= 15 is 0 Å². The minimum atomic E-state index is -0.0617. The first kappa shape index (κ1) is 7.49. The highest BCUT2D eigenvalue weighted by Gasteiger charge is 1.94. The van der Waals surface area contributed by atoms with E-state index in [1.165, 1.54) is 6.41 Å². The fourth-order valence-corrected chi connectivity index (χ4v) is 0.450. The van der Waals surface area contributed by atoms with Crippen LogP contribution in [0.25, 0.3) is 0 Å². The Bertz CT molecular complexity index is 94.0. The highest BCUT2D eigenvalue weighted by molar-refractivity contribution is 8.12. The third-order valence-electron chi connectivity index (χ3n) is 0.495. The standard InChI is InChI=1S/C4H6NO2S/c1-2-4(7)8-5-3-6/h2H2,1H3,(H,5,6). The van der Waals surface area contributed by atoms with Crippen LogP contribution in [0.1, 0.15) is 13.3 Å². The zero-order valence-corrected chi connectivity index (χ0v) is 5.25. The Balaban J connectivity index is 3.11. The second kappa shape index (κ2) is 4.64. The molecule has 0 heterocycles. The van der Waals surface area contributed by atoms with Crippen LogP contribution in [0.5, 0.6) is 0 Å². The van der Waals surface area contributed by atoms with Crippen LogP contribution in [0.4, 0.5) is 0 Å². The van der Waals surface area contributed by atoms with Crippen LogP contribution in [0.3, 0.4) is 0 Å². The maximum atomic E-state index is 10.3. The van der Waals surface area contributed by atoms with Crippen molar-refractivity contribution in [3.05, 3.63) is 0 Å². The van der Waals surface area contributed by atoms with E-state index in [1.54, 1.807) is 6.92 Å². The Morgan fingerprint density at radius 1 is 1.88 bits per heavy atom. The summed E-state index contributed by atoms with van der Waals surface area (Å²) in [6.45, 7) is 1.72. The smallest absolute Gasteiger partial charge is 0.285 e. The van der Waals surface area contributed by atoms with E-state index in [0.717, 1.165) is 11.9 Å². The fraction of sp³-hybridized carbons (Fsp3) is 0.500. The van der Waals surface area contributed by atoms with E-state index in [1.807, 2.05) is 0 Å². The van der Waals surface area contributed by atoms with Crippen molar-refractivity contribution < 1.29 is 9.59 Å². The Labute approximate surface area is 52.0 Å². The van der Waals surface area contributed by atoms with Gasteiger partial charge in [-0.05, 0) is 0 Å². The van der Waals surface area contributed by atoms with Gasteiger partial charge in [-0.3, -0.25) is 14.3 Å². The lowest BCUT2D eigenvalue weighted by Gasteiger charge is -1.88. The first-order valence-electron chi connectivity index (χ1n) is 2.13. The average Bonchev–Trinajstić information content (AvgIpc) is 1.83. The van der Waals surface area contributed by atoms with Gasteiger partial charge in [0.1, 0.15) is 0 Å². The third-order valence-corrected chi connectivity index (χ3v) is 1.20. The molecule has 0 aromatic rings. The molecule has 0 bridgehead atoms. The molecular weight excluding hydrogens is 126 g/mol. The van der Waals surface area contributed by atoms with Gasteiger partial charge in [-0.15, -0.1) is 0 Å². The first-order chi connectivity index (χ1) is 3.81. The molecule has 1 amide bonds. The summed E-state index contributed by atoms with van der Waals surface area (Å²) in [6.07, 6.45) is 1.80. The topological polar surface area (TPSA) is 46.2 Å². The Kier molecular flexibility index (Phi) is 4.35. The molecule has 1 N–H and O–H groups in total. The highest BCUT2D eigenvalue weighted by atomic mass is 32.2. The van der Waals surface area contributed by atoms with Crippen LogP contribution in [0, 0.1) is 0 Å². The number of hydrogen-bond acceptors (Lipinski definition) is 3. The fourth-order valence-electron chi connectivity index (χ4n) is 0.150. The molecule has 0 aliphatic carbocycles. The number of carbonyl (C=O) groups excluding carboxylic acids is 2. The number of rotatable bonds is 3. The summed E-state index contributed by atoms with van der Waals surface area (Å²) >= 11 is 0.764. The van der Waals surface area contributed by atoms with Gasteiger partial charge >= 0.3 is 6.41 Å². The number of amides is 1. The van der Waals surface area contributed by atoms with Crippen LogP contribution in [-0.4, -0.2) is 11.5 Å². The van der Waals surface area contributed by atoms with E-state index in [-0.39, 0.29) is 5.12 Å². The van der Waals surface area contributed by atoms with Crippen LogP contribution >= 0.6 is 11.9 Å². The molecule has 0 unspecified atom stereocenters. The number of nitrogens with one attached hydrogen (secondary N) is 1. The number of hydrogen-bond donors (Lipinski definition) is 1. The summed E-state index contributed by atoms with van der Waals surface area (Å²) in [5.41, 5.74) is 0. The van der Waals surface area contributed by atoms with E-state index in [2.05, 4.69) is 4.72 Å². The number of carbonyl (C=O) groups is 1. The molecule has 45 valence electrons. The summed E-state index contributed by atoms with van der Waals surface area (Å²) in [5.74, 6) is 0. The van der Waals surface area contributed by atoms with E-state index in [9.17, 15) is 9.59 Å². The quantitative estimate of drug-likeness (QED) is 0.441. The van der Waals surface area contributed by atoms with Crippen LogP contribution < -0.4 is 4.72 Å². The third kappa shape index (κ3) is 3.67. The molecule has 0 aliphatic rings. The average molecular weight is 132 g/mol. The van der Waals surface area contributed by atoms with E-state index in [4.69, 9.17) is 0 Å². The minimum absolute atomic E-state index is 0.0617. The van der Waals surface area contributed by atoms with Crippen molar-refractivity contribution in [3.8, 4) is 0 Å². The molecular formula is C4H6NO2S. The molecule has 0 fully saturated rings. The van der Waals surface area contributed by atoms with Crippen LogP contribution in [0.15, 0.2) is 0 Å². The Hall–Kier alpha value is -0.510. The zero-order valence-electron chi connectivity index (χ0n) is 4.43. The zero-order chi connectivity index (χ0) is 6.41.